The molecule has 0 spiro atoms. The van der Waals surface area contributed by atoms with Crippen molar-refractivity contribution in [2.75, 3.05) is 6.61 Å². The molecule has 0 radical (unpaired) electrons. The average Bonchev–Trinajstić information content (AvgIpc) is 2.92. The van der Waals surface area contributed by atoms with Gasteiger partial charge in [0.15, 0.2) is 11.5 Å². The Labute approximate surface area is 127 Å². The predicted octanol–water partition coefficient (Wildman–Crippen LogP) is 0.892. The van der Waals surface area contributed by atoms with Crippen LogP contribution in [0.3, 0.4) is 0 Å². The highest BCUT2D eigenvalue weighted by Gasteiger charge is 2.20. The van der Waals surface area contributed by atoms with Crippen molar-refractivity contribution in [2.45, 2.75) is 19.6 Å². The van der Waals surface area contributed by atoms with E-state index in [-0.39, 0.29) is 24.7 Å². The highest BCUT2D eigenvalue weighted by Crippen LogP contribution is 2.16. The van der Waals surface area contributed by atoms with Gasteiger partial charge in [-0.25, -0.2) is 9.78 Å². The Morgan fingerprint density at radius 2 is 2.05 bits per heavy atom. The maximum Gasteiger partial charge on any atom is 0.358 e. The summed E-state index contributed by atoms with van der Waals surface area (Å²) < 4.78 is 6.19. The van der Waals surface area contributed by atoms with Crippen LogP contribution in [0.1, 0.15) is 39.7 Å². The summed E-state index contributed by atoms with van der Waals surface area (Å²) in [5.74, 6) is -1.52. The standard InChI is InChI=1S/C15H17N3O4/c1-2-22-15(21)11-8-18(14(17-11)13(16)20)9-12(19)10-6-4-3-5-7-10/h3-8,12,19H,2,9H2,1H3,(H2,16,20)/t12-/m1/s1. The smallest absolute Gasteiger partial charge is 0.358 e. The van der Waals surface area contributed by atoms with E-state index in [9.17, 15) is 14.7 Å². The molecule has 2 aromatic rings. The number of aliphatic hydroxyl groups excluding tert-OH is 1. The zero-order valence-corrected chi connectivity index (χ0v) is 12.1. The molecule has 116 valence electrons. The summed E-state index contributed by atoms with van der Waals surface area (Å²) >= 11 is 0. The lowest BCUT2D eigenvalue weighted by Crippen LogP contribution is -2.20. The van der Waals surface area contributed by atoms with E-state index in [0.29, 0.717) is 5.56 Å². The summed E-state index contributed by atoms with van der Waals surface area (Å²) in [7, 11) is 0. The molecule has 22 heavy (non-hydrogen) atoms. The maximum atomic E-state index is 11.7. The SMILES string of the molecule is CCOC(=O)c1cn(C[C@@H](O)c2ccccc2)c(C(N)=O)n1. The number of carbonyl (C=O) groups is 2. The maximum absolute atomic E-state index is 11.7. The summed E-state index contributed by atoms with van der Waals surface area (Å²) in [6, 6.07) is 8.95. The summed E-state index contributed by atoms with van der Waals surface area (Å²) in [6.45, 7) is 1.92. The number of benzene rings is 1. The highest BCUT2D eigenvalue weighted by atomic mass is 16.5. The van der Waals surface area contributed by atoms with E-state index >= 15 is 0 Å². The van der Waals surface area contributed by atoms with Gasteiger partial charge in [-0.2, -0.15) is 0 Å². The zero-order valence-electron chi connectivity index (χ0n) is 12.1. The number of rotatable bonds is 6. The molecule has 0 aliphatic heterocycles. The first-order valence-corrected chi connectivity index (χ1v) is 6.80. The van der Waals surface area contributed by atoms with E-state index in [1.807, 2.05) is 6.07 Å². The van der Waals surface area contributed by atoms with E-state index in [2.05, 4.69) is 4.98 Å². The number of hydrogen-bond acceptors (Lipinski definition) is 5. The second-order valence-electron chi connectivity index (χ2n) is 4.61. The van der Waals surface area contributed by atoms with Crippen LogP contribution in [0.15, 0.2) is 36.5 Å². The topological polar surface area (TPSA) is 107 Å². The third kappa shape index (κ3) is 3.50. The van der Waals surface area contributed by atoms with Gasteiger partial charge in [-0.3, -0.25) is 4.79 Å². The van der Waals surface area contributed by atoms with E-state index in [1.165, 1.54) is 10.8 Å². The summed E-state index contributed by atoms with van der Waals surface area (Å²) in [4.78, 5) is 27.0. The molecule has 0 saturated heterocycles. The summed E-state index contributed by atoms with van der Waals surface area (Å²) in [6.07, 6.45) is 0.494. The van der Waals surface area contributed by atoms with Gasteiger partial charge in [-0.05, 0) is 12.5 Å². The minimum absolute atomic E-state index is 0.0177. The molecule has 0 saturated carbocycles. The van der Waals surface area contributed by atoms with Gasteiger partial charge in [0.25, 0.3) is 5.91 Å². The number of esters is 1. The predicted molar refractivity (Wildman–Crippen MR) is 78.1 cm³/mol. The number of primary amides is 1. The van der Waals surface area contributed by atoms with Crippen LogP contribution >= 0.6 is 0 Å². The van der Waals surface area contributed by atoms with Crippen molar-refractivity contribution in [3.8, 4) is 0 Å². The third-order valence-electron chi connectivity index (χ3n) is 3.04. The Balaban J connectivity index is 2.26. The van der Waals surface area contributed by atoms with Gasteiger partial charge in [0.05, 0.1) is 19.3 Å². The Bertz CT molecular complexity index is 667. The lowest BCUT2D eigenvalue weighted by atomic mass is 10.1. The molecule has 0 aliphatic carbocycles. The Hall–Kier alpha value is -2.67. The van der Waals surface area contributed by atoms with Crippen LogP contribution in [-0.2, 0) is 11.3 Å². The number of hydrogen-bond donors (Lipinski definition) is 2. The van der Waals surface area contributed by atoms with Crippen LogP contribution in [0.4, 0.5) is 0 Å². The van der Waals surface area contributed by atoms with Crippen molar-refractivity contribution in [1.29, 1.82) is 0 Å². The van der Waals surface area contributed by atoms with Crippen LogP contribution in [0, 0.1) is 0 Å². The number of nitrogens with two attached hydrogens (primary N) is 1. The molecular weight excluding hydrogens is 286 g/mol. The molecule has 1 amide bonds. The zero-order chi connectivity index (χ0) is 16.1. The van der Waals surface area contributed by atoms with Crippen molar-refractivity contribution in [2.24, 2.45) is 5.73 Å². The van der Waals surface area contributed by atoms with Gasteiger partial charge in [-0.1, -0.05) is 30.3 Å². The molecule has 1 aromatic carbocycles. The summed E-state index contributed by atoms with van der Waals surface area (Å²) in [5, 5.41) is 10.2. The van der Waals surface area contributed by atoms with Gasteiger partial charge < -0.3 is 20.1 Å². The molecule has 1 atom stereocenters. The van der Waals surface area contributed by atoms with Crippen LogP contribution in [-0.4, -0.2) is 33.1 Å². The molecule has 0 bridgehead atoms. The van der Waals surface area contributed by atoms with Gasteiger partial charge in [0.1, 0.15) is 0 Å². The minimum Gasteiger partial charge on any atom is -0.461 e. The Morgan fingerprint density at radius 3 is 2.64 bits per heavy atom. The molecule has 0 unspecified atom stereocenters. The molecular formula is C15H17N3O4. The fourth-order valence-corrected chi connectivity index (χ4v) is 2.02. The number of amides is 1. The second-order valence-corrected chi connectivity index (χ2v) is 4.61. The number of carbonyl (C=O) groups excluding carboxylic acids is 2. The monoisotopic (exact) mass is 303 g/mol. The molecule has 0 fully saturated rings. The van der Waals surface area contributed by atoms with Gasteiger partial charge >= 0.3 is 5.97 Å². The van der Waals surface area contributed by atoms with Gasteiger partial charge in [0, 0.05) is 6.20 Å². The quantitative estimate of drug-likeness (QED) is 0.771. The van der Waals surface area contributed by atoms with Crippen molar-refractivity contribution in [3.05, 3.63) is 53.6 Å². The van der Waals surface area contributed by atoms with Gasteiger partial charge in [0.2, 0.25) is 0 Å². The van der Waals surface area contributed by atoms with Crippen molar-refractivity contribution < 1.29 is 19.4 Å². The van der Waals surface area contributed by atoms with Crippen molar-refractivity contribution in [3.63, 3.8) is 0 Å². The number of nitrogens with zero attached hydrogens (tertiary/aromatic N) is 2. The van der Waals surface area contributed by atoms with Crippen LogP contribution in [0.25, 0.3) is 0 Å². The highest BCUT2D eigenvalue weighted by molar-refractivity contribution is 5.93. The Kier molecular flexibility index (Phi) is 4.90. The molecule has 1 aromatic heterocycles. The Morgan fingerprint density at radius 1 is 1.36 bits per heavy atom. The molecule has 0 aliphatic rings. The fourth-order valence-electron chi connectivity index (χ4n) is 2.02. The minimum atomic E-state index is -0.858. The first-order valence-electron chi connectivity index (χ1n) is 6.80. The average molecular weight is 303 g/mol. The third-order valence-corrected chi connectivity index (χ3v) is 3.04. The fraction of sp³-hybridized carbons (Fsp3) is 0.267. The summed E-state index contributed by atoms with van der Waals surface area (Å²) in [5.41, 5.74) is 5.93. The van der Waals surface area contributed by atoms with E-state index in [0.717, 1.165) is 0 Å². The van der Waals surface area contributed by atoms with Gasteiger partial charge in [-0.15, -0.1) is 0 Å². The molecule has 1 heterocycles. The second kappa shape index (κ2) is 6.86. The number of ether oxygens (including phenoxy) is 1. The van der Waals surface area contributed by atoms with Crippen LogP contribution < -0.4 is 5.73 Å². The first-order chi connectivity index (χ1) is 10.5. The molecule has 7 heteroatoms. The van der Waals surface area contributed by atoms with Crippen LogP contribution in [0.5, 0.6) is 0 Å². The van der Waals surface area contributed by atoms with Crippen molar-refractivity contribution >= 4 is 11.9 Å². The lowest BCUT2D eigenvalue weighted by Gasteiger charge is -2.12. The van der Waals surface area contributed by atoms with E-state index < -0.39 is 18.0 Å². The number of aromatic nitrogens is 2. The van der Waals surface area contributed by atoms with E-state index in [1.54, 1.807) is 31.2 Å². The largest absolute Gasteiger partial charge is 0.461 e. The molecule has 7 nitrogen and oxygen atoms in total. The molecule has 3 N–H and O–H groups in total. The lowest BCUT2D eigenvalue weighted by molar-refractivity contribution is 0.0519. The van der Waals surface area contributed by atoms with Crippen LogP contribution in [0.2, 0.25) is 0 Å². The van der Waals surface area contributed by atoms with E-state index in [4.69, 9.17) is 10.5 Å². The first kappa shape index (κ1) is 15.7. The molecule has 2 rings (SSSR count). The number of aliphatic hydroxyl groups is 1. The number of imidazole rings is 1. The normalized spacial score (nSPS) is 11.9. The van der Waals surface area contributed by atoms with Crippen molar-refractivity contribution in [1.82, 2.24) is 9.55 Å².